The number of methoxy groups -OCH3 is 2. The van der Waals surface area contributed by atoms with E-state index in [4.69, 9.17) is 9.47 Å². The molecule has 39 heavy (non-hydrogen) atoms. The third-order valence-electron chi connectivity index (χ3n) is 6.95. The van der Waals surface area contributed by atoms with Gasteiger partial charge in [0.1, 0.15) is 11.9 Å². The summed E-state index contributed by atoms with van der Waals surface area (Å²) in [5.41, 5.74) is 4.37. The number of carbonyl (C=O) groups is 3. The van der Waals surface area contributed by atoms with E-state index >= 15 is 0 Å². The Morgan fingerprint density at radius 1 is 0.974 bits per heavy atom. The number of aryl methyl sites for hydroxylation is 1. The average Bonchev–Trinajstić information content (AvgIpc) is 3.44. The maximum absolute atomic E-state index is 13.4. The molecule has 0 spiro atoms. The van der Waals surface area contributed by atoms with E-state index < -0.39 is 0 Å². The Balaban J connectivity index is 1.41. The predicted octanol–water partition coefficient (Wildman–Crippen LogP) is 5.06. The molecule has 1 aliphatic rings. The number of rotatable bonds is 8. The molecule has 0 aliphatic carbocycles. The summed E-state index contributed by atoms with van der Waals surface area (Å²) in [6.45, 7) is 2.59. The Kier molecular flexibility index (Phi) is 8.70. The molecule has 1 fully saturated rings. The van der Waals surface area contributed by atoms with Crippen LogP contribution < -0.4 is 20.3 Å². The summed E-state index contributed by atoms with van der Waals surface area (Å²) < 4.78 is 10.3. The number of amides is 3. The summed E-state index contributed by atoms with van der Waals surface area (Å²) in [4.78, 5) is 41.6. The summed E-state index contributed by atoms with van der Waals surface area (Å²) in [6.07, 6.45) is 1.87. The molecule has 1 unspecified atom stereocenters. The highest BCUT2D eigenvalue weighted by Gasteiger charge is 2.32. The van der Waals surface area contributed by atoms with Gasteiger partial charge in [0.25, 0.3) is 0 Å². The molecule has 3 amide bonds. The standard InChI is InChI=1S/C30H34N4O5/c1-20-8-5-6-9-24(20)31-30(37)32-25-16-11-21(18-26(25)38-3)19-28(35)34-17-7-10-27(34)33(2)23-14-12-22(13-15-23)29(36)39-4/h5-6,8-9,11-16,18,27H,7,10,17,19H2,1-4H3,(H2,31,32,37). The van der Waals surface area contributed by atoms with Crippen molar-refractivity contribution in [1.29, 1.82) is 0 Å². The van der Waals surface area contributed by atoms with Crippen LogP contribution in [0, 0.1) is 6.92 Å². The number of ether oxygens (including phenoxy) is 2. The van der Waals surface area contributed by atoms with Gasteiger partial charge in [-0.1, -0.05) is 24.3 Å². The molecule has 0 bridgehead atoms. The summed E-state index contributed by atoms with van der Waals surface area (Å²) in [7, 11) is 4.84. The number of urea groups is 1. The van der Waals surface area contributed by atoms with Crippen LogP contribution in [0.25, 0.3) is 0 Å². The van der Waals surface area contributed by atoms with E-state index in [1.165, 1.54) is 14.2 Å². The van der Waals surface area contributed by atoms with Crippen LogP contribution in [-0.4, -0.2) is 56.8 Å². The molecule has 1 atom stereocenters. The Morgan fingerprint density at radius 3 is 2.38 bits per heavy atom. The van der Waals surface area contributed by atoms with Gasteiger partial charge >= 0.3 is 12.0 Å². The highest BCUT2D eigenvalue weighted by molar-refractivity contribution is 6.01. The molecule has 0 radical (unpaired) electrons. The molecule has 2 N–H and O–H groups in total. The molecule has 0 aromatic heterocycles. The number of anilines is 3. The van der Waals surface area contributed by atoms with Crippen molar-refractivity contribution in [3.8, 4) is 5.75 Å². The average molecular weight is 531 g/mol. The molecule has 9 nitrogen and oxygen atoms in total. The lowest BCUT2D eigenvalue weighted by Gasteiger charge is -2.34. The highest BCUT2D eigenvalue weighted by Crippen LogP contribution is 2.29. The second-order valence-electron chi connectivity index (χ2n) is 9.46. The topological polar surface area (TPSA) is 100 Å². The van der Waals surface area contributed by atoms with Crippen molar-refractivity contribution in [1.82, 2.24) is 4.90 Å². The van der Waals surface area contributed by atoms with Crippen molar-refractivity contribution >= 4 is 35.0 Å². The Labute approximate surface area is 228 Å². The van der Waals surface area contributed by atoms with E-state index in [9.17, 15) is 14.4 Å². The minimum Gasteiger partial charge on any atom is -0.495 e. The fraction of sp³-hybridized carbons (Fsp3) is 0.300. The van der Waals surface area contributed by atoms with Crippen molar-refractivity contribution in [2.45, 2.75) is 32.4 Å². The fourth-order valence-electron chi connectivity index (χ4n) is 4.78. The van der Waals surface area contributed by atoms with Crippen LogP contribution >= 0.6 is 0 Å². The van der Waals surface area contributed by atoms with Crippen molar-refractivity contribution in [2.75, 3.05) is 43.3 Å². The van der Waals surface area contributed by atoms with Gasteiger partial charge in [0, 0.05) is 25.0 Å². The molecule has 1 saturated heterocycles. The van der Waals surface area contributed by atoms with Gasteiger partial charge in [-0.05, 0) is 73.4 Å². The molecule has 0 saturated carbocycles. The first-order chi connectivity index (χ1) is 18.8. The predicted molar refractivity (Wildman–Crippen MR) is 151 cm³/mol. The Bertz CT molecular complexity index is 1340. The van der Waals surface area contributed by atoms with Gasteiger partial charge in [0.15, 0.2) is 0 Å². The molecule has 3 aromatic carbocycles. The zero-order valence-corrected chi connectivity index (χ0v) is 22.7. The van der Waals surface area contributed by atoms with Gasteiger partial charge in [-0.25, -0.2) is 9.59 Å². The maximum atomic E-state index is 13.4. The molecule has 1 aliphatic heterocycles. The summed E-state index contributed by atoms with van der Waals surface area (Å²) in [5.74, 6) is 0.0991. The van der Waals surface area contributed by atoms with Crippen molar-refractivity contribution in [3.63, 3.8) is 0 Å². The van der Waals surface area contributed by atoms with E-state index in [2.05, 4.69) is 15.5 Å². The number of nitrogens with one attached hydrogen (secondary N) is 2. The first kappa shape index (κ1) is 27.5. The molecule has 3 aromatic rings. The van der Waals surface area contributed by atoms with Gasteiger partial charge in [-0.2, -0.15) is 0 Å². The van der Waals surface area contributed by atoms with E-state index in [1.807, 2.05) is 61.3 Å². The lowest BCUT2D eigenvalue weighted by molar-refractivity contribution is -0.131. The van der Waals surface area contributed by atoms with E-state index in [0.29, 0.717) is 23.5 Å². The zero-order valence-electron chi connectivity index (χ0n) is 22.7. The summed E-state index contributed by atoms with van der Waals surface area (Å²) >= 11 is 0. The third-order valence-corrected chi connectivity index (χ3v) is 6.95. The van der Waals surface area contributed by atoms with Crippen LogP contribution in [0.2, 0.25) is 0 Å². The molecule has 9 heteroatoms. The maximum Gasteiger partial charge on any atom is 0.337 e. The van der Waals surface area contributed by atoms with Gasteiger partial charge in [-0.15, -0.1) is 0 Å². The first-order valence-electron chi connectivity index (χ1n) is 12.8. The van der Waals surface area contributed by atoms with Crippen LogP contribution in [0.4, 0.5) is 21.9 Å². The number of esters is 1. The molecule has 1 heterocycles. The number of nitrogens with zero attached hydrogens (tertiary/aromatic N) is 2. The number of para-hydroxylation sites is 1. The van der Waals surface area contributed by atoms with Gasteiger partial charge in [0.2, 0.25) is 5.91 Å². The lowest BCUT2D eigenvalue weighted by Crippen LogP contribution is -2.46. The Morgan fingerprint density at radius 2 is 1.69 bits per heavy atom. The largest absolute Gasteiger partial charge is 0.495 e. The number of likely N-dealkylation sites (tertiary alicyclic amines) is 1. The molecular weight excluding hydrogens is 496 g/mol. The lowest BCUT2D eigenvalue weighted by atomic mass is 10.1. The van der Waals surface area contributed by atoms with Gasteiger partial charge in [-0.3, -0.25) is 4.79 Å². The normalized spacial score (nSPS) is 14.5. The third kappa shape index (κ3) is 6.49. The highest BCUT2D eigenvalue weighted by atomic mass is 16.5. The van der Waals surface area contributed by atoms with E-state index in [0.717, 1.165) is 35.3 Å². The smallest absolute Gasteiger partial charge is 0.337 e. The number of hydrogen-bond acceptors (Lipinski definition) is 6. The van der Waals surface area contributed by atoms with Crippen LogP contribution in [0.15, 0.2) is 66.7 Å². The number of carbonyl (C=O) groups excluding carboxylic acids is 3. The van der Waals surface area contributed by atoms with Crippen LogP contribution in [0.5, 0.6) is 5.75 Å². The van der Waals surface area contributed by atoms with Crippen LogP contribution in [0.3, 0.4) is 0 Å². The van der Waals surface area contributed by atoms with Gasteiger partial charge in [0.05, 0.1) is 31.9 Å². The molecular formula is C30H34N4O5. The first-order valence-corrected chi connectivity index (χ1v) is 12.8. The van der Waals surface area contributed by atoms with Crippen molar-refractivity contribution < 1.29 is 23.9 Å². The quantitative estimate of drug-likeness (QED) is 0.395. The zero-order chi connectivity index (χ0) is 27.9. The summed E-state index contributed by atoms with van der Waals surface area (Å²) in [5, 5.41) is 5.66. The van der Waals surface area contributed by atoms with Gasteiger partial charge < -0.3 is 29.9 Å². The van der Waals surface area contributed by atoms with E-state index in [-0.39, 0.29) is 30.5 Å². The SMILES string of the molecule is COC(=O)c1ccc(N(C)C2CCCN2C(=O)Cc2ccc(NC(=O)Nc3ccccc3C)c(OC)c2)cc1. The van der Waals surface area contributed by atoms with Crippen LogP contribution in [-0.2, 0) is 16.0 Å². The molecule has 204 valence electrons. The number of hydrogen-bond donors (Lipinski definition) is 2. The summed E-state index contributed by atoms with van der Waals surface area (Å²) in [6, 6.07) is 19.7. The fourth-order valence-corrected chi connectivity index (χ4v) is 4.78. The van der Waals surface area contributed by atoms with Crippen molar-refractivity contribution in [2.24, 2.45) is 0 Å². The minimum absolute atomic E-state index is 0.00980. The van der Waals surface area contributed by atoms with E-state index in [1.54, 1.807) is 24.3 Å². The number of benzene rings is 3. The Hall–Kier alpha value is -4.53. The van der Waals surface area contributed by atoms with Crippen LogP contribution in [0.1, 0.15) is 34.3 Å². The van der Waals surface area contributed by atoms with Crippen molar-refractivity contribution in [3.05, 3.63) is 83.4 Å². The monoisotopic (exact) mass is 530 g/mol. The second-order valence-corrected chi connectivity index (χ2v) is 9.46. The minimum atomic E-state index is -0.384. The second kappa shape index (κ2) is 12.3. The molecule has 4 rings (SSSR count).